The summed E-state index contributed by atoms with van der Waals surface area (Å²) in [7, 11) is 0. The molecule has 136 valence electrons. The van der Waals surface area contributed by atoms with E-state index >= 15 is 0 Å². The zero-order valence-corrected chi connectivity index (χ0v) is 15.7. The number of hydrogen-bond acceptors (Lipinski definition) is 5. The summed E-state index contributed by atoms with van der Waals surface area (Å²) in [6.45, 7) is 2.45. The molecule has 7 heteroatoms. The molecule has 0 saturated heterocycles. The van der Waals surface area contributed by atoms with Gasteiger partial charge in [-0.05, 0) is 50.3 Å². The van der Waals surface area contributed by atoms with Crippen molar-refractivity contribution in [3.8, 4) is 6.07 Å². The van der Waals surface area contributed by atoms with Crippen LogP contribution in [0.25, 0.3) is 10.9 Å². The molecule has 1 aliphatic rings. The first-order chi connectivity index (χ1) is 13.1. The normalized spacial score (nSPS) is 13.2. The molecule has 1 N–H and O–H groups in total. The maximum atomic E-state index is 12.8. The minimum atomic E-state index is -0.567. The van der Waals surface area contributed by atoms with Gasteiger partial charge in [0.15, 0.2) is 5.69 Å². The third-order valence-electron chi connectivity index (χ3n) is 4.89. The summed E-state index contributed by atoms with van der Waals surface area (Å²) < 4.78 is 1.65. The lowest BCUT2D eigenvalue weighted by Crippen LogP contribution is -2.27. The first-order valence-corrected chi connectivity index (χ1v) is 9.81. The van der Waals surface area contributed by atoms with E-state index in [0.717, 1.165) is 36.1 Å². The van der Waals surface area contributed by atoms with Crippen LogP contribution >= 0.6 is 11.3 Å². The molecule has 3 aromatic rings. The molecule has 4 rings (SSSR count). The molecule has 1 aromatic carbocycles. The van der Waals surface area contributed by atoms with E-state index in [2.05, 4.69) is 16.5 Å². The maximum Gasteiger partial charge on any atom is 0.280 e. The number of nitriles is 1. The van der Waals surface area contributed by atoms with Crippen LogP contribution in [-0.4, -0.2) is 15.7 Å². The van der Waals surface area contributed by atoms with Crippen LogP contribution in [0.5, 0.6) is 0 Å². The van der Waals surface area contributed by atoms with Crippen molar-refractivity contribution in [3.05, 3.63) is 56.2 Å². The smallest absolute Gasteiger partial charge is 0.280 e. The van der Waals surface area contributed by atoms with Gasteiger partial charge in [0.25, 0.3) is 5.91 Å². The summed E-state index contributed by atoms with van der Waals surface area (Å²) in [5.74, 6) is -0.567. The summed E-state index contributed by atoms with van der Waals surface area (Å²) >= 11 is 1.44. The number of thiophene rings is 1. The van der Waals surface area contributed by atoms with Crippen LogP contribution in [0.3, 0.4) is 0 Å². The molecule has 0 aliphatic heterocycles. The molecule has 2 aromatic heterocycles. The van der Waals surface area contributed by atoms with Crippen LogP contribution < -0.4 is 10.7 Å². The average Bonchev–Trinajstić information content (AvgIpc) is 3.05. The number of fused-ring (bicyclic) bond motifs is 2. The zero-order valence-electron chi connectivity index (χ0n) is 14.9. The number of aromatic nitrogens is 2. The monoisotopic (exact) mass is 378 g/mol. The number of carbonyl (C=O) groups excluding carboxylic acids is 1. The highest BCUT2D eigenvalue weighted by molar-refractivity contribution is 7.16. The molecule has 2 heterocycles. The average molecular weight is 378 g/mol. The Bertz CT molecular complexity index is 1150. The van der Waals surface area contributed by atoms with Gasteiger partial charge >= 0.3 is 0 Å². The number of nitrogens with zero attached hydrogens (tertiary/aromatic N) is 3. The Hall–Kier alpha value is -2.98. The summed E-state index contributed by atoms with van der Waals surface area (Å²) in [4.78, 5) is 26.8. The Labute approximate surface area is 160 Å². The van der Waals surface area contributed by atoms with Gasteiger partial charge in [0, 0.05) is 16.8 Å². The predicted molar refractivity (Wildman–Crippen MR) is 105 cm³/mol. The van der Waals surface area contributed by atoms with Crippen molar-refractivity contribution >= 4 is 33.1 Å². The van der Waals surface area contributed by atoms with E-state index in [0.29, 0.717) is 28.0 Å². The molecular formula is C20H18N4O2S. The third-order valence-corrected chi connectivity index (χ3v) is 6.09. The van der Waals surface area contributed by atoms with E-state index in [1.165, 1.54) is 11.3 Å². The molecule has 0 atom stereocenters. The van der Waals surface area contributed by atoms with E-state index in [-0.39, 0.29) is 5.69 Å². The van der Waals surface area contributed by atoms with Crippen LogP contribution in [0.4, 0.5) is 5.00 Å². The standard InChI is InChI=1S/C20H18N4O2S/c1-2-24-15-9-5-3-8-13(15)18(25)17(23-24)19(26)22-20-14(11-21)12-7-4-6-10-16(12)27-20/h3,5,8-9H,2,4,6-7,10H2,1H3,(H,22,26). The molecule has 6 nitrogen and oxygen atoms in total. The predicted octanol–water partition coefficient (Wildman–Crippen LogP) is 3.48. The molecule has 0 spiro atoms. The van der Waals surface area contributed by atoms with Gasteiger partial charge in [-0.15, -0.1) is 11.3 Å². The number of hydrogen-bond donors (Lipinski definition) is 1. The lowest BCUT2D eigenvalue weighted by Gasteiger charge is -2.10. The highest BCUT2D eigenvalue weighted by Crippen LogP contribution is 2.37. The second-order valence-corrected chi connectivity index (χ2v) is 7.60. The fraction of sp³-hybridized carbons (Fsp3) is 0.300. The van der Waals surface area contributed by atoms with Gasteiger partial charge in [-0.3, -0.25) is 14.3 Å². The van der Waals surface area contributed by atoms with Crippen LogP contribution in [0.15, 0.2) is 29.1 Å². The minimum absolute atomic E-state index is 0.147. The molecule has 0 radical (unpaired) electrons. The molecule has 0 bridgehead atoms. The highest BCUT2D eigenvalue weighted by atomic mass is 32.1. The Kier molecular flexibility index (Phi) is 4.50. The van der Waals surface area contributed by atoms with Crippen molar-refractivity contribution < 1.29 is 4.79 Å². The first kappa shape index (κ1) is 17.4. The number of rotatable bonds is 3. The van der Waals surface area contributed by atoms with Crippen LogP contribution in [0.2, 0.25) is 0 Å². The second-order valence-electron chi connectivity index (χ2n) is 6.49. The van der Waals surface area contributed by atoms with E-state index in [1.54, 1.807) is 16.8 Å². The number of nitrogens with one attached hydrogen (secondary N) is 1. The lowest BCUT2D eigenvalue weighted by molar-refractivity contribution is 0.101. The van der Waals surface area contributed by atoms with Crippen molar-refractivity contribution in [3.63, 3.8) is 0 Å². The van der Waals surface area contributed by atoms with Crippen molar-refractivity contribution in [1.82, 2.24) is 9.78 Å². The van der Waals surface area contributed by atoms with E-state index in [1.807, 2.05) is 19.1 Å². The number of anilines is 1. The number of amides is 1. The molecule has 0 unspecified atom stereocenters. The van der Waals surface area contributed by atoms with Gasteiger partial charge in [-0.2, -0.15) is 10.4 Å². The Morgan fingerprint density at radius 2 is 2.11 bits per heavy atom. The highest BCUT2D eigenvalue weighted by Gasteiger charge is 2.24. The number of aryl methyl sites for hydroxylation is 2. The fourth-order valence-electron chi connectivity index (χ4n) is 3.56. The van der Waals surface area contributed by atoms with Gasteiger partial charge in [0.05, 0.1) is 11.1 Å². The van der Waals surface area contributed by atoms with Crippen molar-refractivity contribution in [2.24, 2.45) is 0 Å². The van der Waals surface area contributed by atoms with Gasteiger partial charge in [0.2, 0.25) is 5.43 Å². The van der Waals surface area contributed by atoms with Gasteiger partial charge in [-0.25, -0.2) is 0 Å². The molecular weight excluding hydrogens is 360 g/mol. The SMILES string of the molecule is CCn1nc(C(=O)Nc2sc3c(c2C#N)CCCC3)c(=O)c2ccccc21. The largest absolute Gasteiger partial charge is 0.311 e. The van der Waals surface area contributed by atoms with Crippen molar-refractivity contribution in [2.75, 3.05) is 5.32 Å². The minimum Gasteiger partial charge on any atom is -0.311 e. The Morgan fingerprint density at radius 1 is 1.33 bits per heavy atom. The lowest BCUT2D eigenvalue weighted by atomic mass is 9.96. The molecule has 27 heavy (non-hydrogen) atoms. The molecule has 0 fully saturated rings. The van der Waals surface area contributed by atoms with E-state index < -0.39 is 11.3 Å². The van der Waals surface area contributed by atoms with Gasteiger partial charge in [0.1, 0.15) is 11.1 Å². The summed E-state index contributed by atoms with van der Waals surface area (Å²) in [5, 5.41) is 17.6. The summed E-state index contributed by atoms with van der Waals surface area (Å²) in [6.07, 6.45) is 3.95. The topological polar surface area (TPSA) is 87.8 Å². The maximum absolute atomic E-state index is 12.8. The Morgan fingerprint density at radius 3 is 2.89 bits per heavy atom. The summed E-state index contributed by atoms with van der Waals surface area (Å²) in [5.41, 5.74) is 1.73. The summed E-state index contributed by atoms with van der Waals surface area (Å²) in [6, 6.07) is 9.34. The molecule has 1 aliphatic carbocycles. The first-order valence-electron chi connectivity index (χ1n) is 9.00. The number of benzene rings is 1. The molecule has 0 saturated carbocycles. The Balaban J connectivity index is 1.77. The van der Waals surface area contributed by atoms with Crippen molar-refractivity contribution in [1.29, 1.82) is 5.26 Å². The second kappa shape index (κ2) is 6.97. The van der Waals surface area contributed by atoms with E-state index in [4.69, 9.17) is 0 Å². The van der Waals surface area contributed by atoms with E-state index in [9.17, 15) is 14.9 Å². The van der Waals surface area contributed by atoms with Crippen LogP contribution in [0, 0.1) is 11.3 Å². The van der Waals surface area contributed by atoms with Gasteiger partial charge < -0.3 is 5.32 Å². The third kappa shape index (κ3) is 2.92. The molecule has 1 amide bonds. The van der Waals surface area contributed by atoms with Crippen LogP contribution in [0.1, 0.15) is 46.3 Å². The fourth-order valence-corrected chi connectivity index (χ4v) is 4.80. The zero-order chi connectivity index (χ0) is 19.0. The number of para-hydroxylation sites is 1. The number of carbonyl (C=O) groups is 1. The van der Waals surface area contributed by atoms with Crippen LogP contribution in [-0.2, 0) is 19.4 Å². The van der Waals surface area contributed by atoms with Gasteiger partial charge in [-0.1, -0.05) is 12.1 Å². The van der Waals surface area contributed by atoms with Crippen molar-refractivity contribution in [2.45, 2.75) is 39.2 Å². The quantitative estimate of drug-likeness (QED) is 0.756.